The lowest BCUT2D eigenvalue weighted by molar-refractivity contribution is 0.460. The van der Waals surface area contributed by atoms with Crippen LogP contribution in [0.2, 0.25) is 15.2 Å². The van der Waals surface area contributed by atoms with E-state index < -0.39 is 0 Å². The van der Waals surface area contributed by atoms with Gasteiger partial charge in [-0.15, -0.1) is 0 Å². The van der Waals surface area contributed by atoms with Gasteiger partial charge in [0.2, 0.25) is 5.88 Å². The Balaban J connectivity index is 2.27. The highest BCUT2D eigenvalue weighted by atomic mass is 35.5. The van der Waals surface area contributed by atoms with Gasteiger partial charge in [0.05, 0.1) is 12.4 Å². The Morgan fingerprint density at radius 3 is 2.25 bits per heavy atom. The summed E-state index contributed by atoms with van der Waals surface area (Å²) in [6.07, 6.45) is 2.86. The summed E-state index contributed by atoms with van der Waals surface area (Å²) in [6, 6.07) is 4.85. The number of rotatable bonds is 2. The summed E-state index contributed by atoms with van der Waals surface area (Å²) >= 11 is 17.3. The fourth-order valence-corrected chi connectivity index (χ4v) is 1.73. The second-order valence-electron chi connectivity index (χ2n) is 2.89. The third-order valence-corrected chi connectivity index (χ3v) is 2.26. The van der Waals surface area contributed by atoms with Gasteiger partial charge in [-0.2, -0.15) is 4.98 Å². The highest BCUT2D eigenvalue weighted by Crippen LogP contribution is 2.27. The Morgan fingerprint density at radius 2 is 1.62 bits per heavy atom. The molecule has 1 heterocycles. The van der Waals surface area contributed by atoms with Crippen LogP contribution in [0.15, 0.2) is 30.6 Å². The van der Waals surface area contributed by atoms with E-state index in [2.05, 4.69) is 9.97 Å². The highest BCUT2D eigenvalue weighted by Gasteiger charge is 2.03. The van der Waals surface area contributed by atoms with Gasteiger partial charge < -0.3 is 4.74 Å². The molecule has 0 spiro atoms. The first-order valence-electron chi connectivity index (χ1n) is 4.25. The molecule has 1 aromatic heterocycles. The molecule has 0 amide bonds. The Labute approximate surface area is 107 Å². The van der Waals surface area contributed by atoms with Gasteiger partial charge in [0, 0.05) is 10.0 Å². The predicted molar refractivity (Wildman–Crippen MR) is 63.6 cm³/mol. The maximum atomic E-state index is 5.82. The SMILES string of the molecule is Clc1cc(Cl)cc(Oc2cncc(Cl)n2)c1. The number of nitrogens with zero attached hydrogens (tertiary/aromatic N) is 2. The number of hydrogen-bond donors (Lipinski definition) is 0. The second-order valence-corrected chi connectivity index (χ2v) is 4.15. The molecule has 3 nitrogen and oxygen atoms in total. The van der Waals surface area contributed by atoms with Crippen LogP contribution >= 0.6 is 34.8 Å². The molecule has 0 aliphatic rings. The van der Waals surface area contributed by atoms with Gasteiger partial charge in [0.15, 0.2) is 5.15 Å². The van der Waals surface area contributed by atoms with E-state index in [-0.39, 0.29) is 11.0 Å². The van der Waals surface area contributed by atoms with Crippen molar-refractivity contribution in [3.63, 3.8) is 0 Å². The third-order valence-electron chi connectivity index (χ3n) is 1.64. The quantitative estimate of drug-likeness (QED) is 0.822. The van der Waals surface area contributed by atoms with Crippen LogP contribution < -0.4 is 4.74 Å². The summed E-state index contributed by atoms with van der Waals surface area (Å²) in [5.74, 6) is 0.764. The first kappa shape index (κ1) is 11.5. The van der Waals surface area contributed by atoms with E-state index in [0.29, 0.717) is 15.8 Å². The van der Waals surface area contributed by atoms with E-state index >= 15 is 0 Å². The van der Waals surface area contributed by atoms with Crippen LogP contribution in [0.1, 0.15) is 0 Å². The van der Waals surface area contributed by atoms with Gasteiger partial charge >= 0.3 is 0 Å². The maximum Gasteiger partial charge on any atom is 0.239 e. The van der Waals surface area contributed by atoms with Crippen LogP contribution in [0.3, 0.4) is 0 Å². The molecule has 0 saturated heterocycles. The Morgan fingerprint density at radius 1 is 0.938 bits per heavy atom. The van der Waals surface area contributed by atoms with Crippen molar-refractivity contribution in [3.05, 3.63) is 45.8 Å². The van der Waals surface area contributed by atoms with E-state index in [1.54, 1.807) is 18.2 Å². The minimum Gasteiger partial charge on any atom is -0.437 e. The van der Waals surface area contributed by atoms with Crippen molar-refractivity contribution in [2.75, 3.05) is 0 Å². The number of benzene rings is 1. The van der Waals surface area contributed by atoms with Crippen molar-refractivity contribution < 1.29 is 4.74 Å². The maximum absolute atomic E-state index is 5.82. The van der Waals surface area contributed by atoms with Crippen molar-refractivity contribution in [2.24, 2.45) is 0 Å². The molecule has 0 aliphatic carbocycles. The number of hydrogen-bond acceptors (Lipinski definition) is 3. The van der Waals surface area contributed by atoms with Crippen molar-refractivity contribution in [3.8, 4) is 11.6 Å². The number of aromatic nitrogens is 2. The molecule has 0 saturated carbocycles. The zero-order valence-corrected chi connectivity index (χ0v) is 10.1. The van der Waals surface area contributed by atoms with Crippen LogP contribution in [-0.4, -0.2) is 9.97 Å². The van der Waals surface area contributed by atoms with E-state index in [0.717, 1.165) is 0 Å². The molecule has 0 fully saturated rings. The molecule has 6 heteroatoms. The summed E-state index contributed by atoms with van der Waals surface area (Å²) in [5, 5.41) is 1.22. The molecule has 0 radical (unpaired) electrons. The van der Waals surface area contributed by atoms with Crippen LogP contribution in [0.5, 0.6) is 11.6 Å². The first-order valence-corrected chi connectivity index (χ1v) is 5.38. The normalized spacial score (nSPS) is 10.2. The summed E-state index contributed by atoms with van der Waals surface area (Å²) in [5.41, 5.74) is 0. The second kappa shape index (κ2) is 4.87. The Bertz CT molecular complexity index is 499. The van der Waals surface area contributed by atoms with E-state index in [4.69, 9.17) is 39.5 Å². The standard InChI is InChI=1S/C10H5Cl3N2O/c11-6-1-7(12)3-8(2-6)16-10-5-14-4-9(13)15-10/h1-5H. The minimum absolute atomic E-state index is 0.255. The average molecular weight is 276 g/mol. The van der Waals surface area contributed by atoms with Crippen LogP contribution in [-0.2, 0) is 0 Å². The van der Waals surface area contributed by atoms with Crippen molar-refractivity contribution >= 4 is 34.8 Å². The van der Waals surface area contributed by atoms with Crippen LogP contribution in [0.25, 0.3) is 0 Å². The van der Waals surface area contributed by atoms with E-state index in [9.17, 15) is 0 Å². The lowest BCUT2D eigenvalue weighted by Crippen LogP contribution is -1.89. The van der Waals surface area contributed by atoms with Gasteiger partial charge in [-0.05, 0) is 18.2 Å². The molecule has 0 N–H and O–H groups in total. The Kier molecular flexibility index (Phi) is 3.49. The van der Waals surface area contributed by atoms with Gasteiger partial charge in [0.1, 0.15) is 5.75 Å². The highest BCUT2D eigenvalue weighted by molar-refractivity contribution is 6.34. The lowest BCUT2D eigenvalue weighted by Gasteiger charge is -2.05. The topological polar surface area (TPSA) is 35.0 Å². The van der Waals surface area contributed by atoms with Crippen molar-refractivity contribution in [1.29, 1.82) is 0 Å². The molecular formula is C10H5Cl3N2O. The van der Waals surface area contributed by atoms with E-state index in [1.165, 1.54) is 12.4 Å². The summed E-state index contributed by atoms with van der Waals surface area (Å²) < 4.78 is 5.39. The van der Waals surface area contributed by atoms with Crippen molar-refractivity contribution in [1.82, 2.24) is 9.97 Å². The Hall–Kier alpha value is -1.03. The molecule has 0 unspecified atom stereocenters. The number of halogens is 3. The molecule has 1 aromatic carbocycles. The first-order chi connectivity index (χ1) is 7.63. The smallest absolute Gasteiger partial charge is 0.239 e. The molecule has 16 heavy (non-hydrogen) atoms. The monoisotopic (exact) mass is 274 g/mol. The van der Waals surface area contributed by atoms with Gasteiger partial charge in [-0.1, -0.05) is 34.8 Å². The fourth-order valence-electron chi connectivity index (χ4n) is 1.08. The molecule has 0 atom stereocenters. The number of ether oxygens (including phenoxy) is 1. The molecule has 0 bridgehead atoms. The van der Waals surface area contributed by atoms with Gasteiger partial charge in [0.25, 0.3) is 0 Å². The average Bonchev–Trinajstić information content (AvgIpc) is 2.15. The lowest BCUT2D eigenvalue weighted by atomic mass is 10.3. The van der Waals surface area contributed by atoms with Gasteiger partial charge in [-0.3, -0.25) is 4.98 Å². The summed E-state index contributed by atoms with van der Waals surface area (Å²) in [6.45, 7) is 0. The minimum atomic E-state index is 0.255. The van der Waals surface area contributed by atoms with Crippen molar-refractivity contribution in [2.45, 2.75) is 0 Å². The zero-order valence-electron chi connectivity index (χ0n) is 7.82. The third kappa shape index (κ3) is 2.98. The molecule has 0 aliphatic heterocycles. The van der Waals surface area contributed by atoms with Crippen LogP contribution in [0.4, 0.5) is 0 Å². The summed E-state index contributed by atoms with van der Waals surface area (Å²) in [4.78, 5) is 7.76. The molecular weight excluding hydrogens is 270 g/mol. The predicted octanol–water partition coefficient (Wildman–Crippen LogP) is 4.23. The molecule has 2 aromatic rings. The zero-order chi connectivity index (χ0) is 11.5. The fraction of sp³-hybridized carbons (Fsp3) is 0. The molecule has 82 valence electrons. The summed E-state index contributed by atoms with van der Waals surface area (Å²) in [7, 11) is 0. The molecule has 2 rings (SSSR count). The van der Waals surface area contributed by atoms with Gasteiger partial charge in [-0.25, -0.2) is 0 Å². The van der Waals surface area contributed by atoms with Crippen LogP contribution in [0, 0.1) is 0 Å². The van der Waals surface area contributed by atoms with E-state index in [1.807, 2.05) is 0 Å². The largest absolute Gasteiger partial charge is 0.437 e.